The van der Waals surface area contributed by atoms with Crippen LogP contribution in [-0.2, 0) is 0 Å². The lowest BCUT2D eigenvalue weighted by Gasteiger charge is -2.18. The molecule has 0 unspecified atom stereocenters. The van der Waals surface area contributed by atoms with Crippen LogP contribution in [0.3, 0.4) is 0 Å². The molecule has 0 spiro atoms. The van der Waals surface area contributed by atoms with Crippen LogP contribution in [0.4, 0.5) is 0 Å². The summed E-state index contributed by atoms with van der Waals surface area (Å²) in [6.45, 7) is 0. The second-order valence-corrected chi connectivity index (χ2v) is 12.1. The summed E-state index contributed by atoms with van der Waals surface area (Å²) >= 11 is 0. The highest BCUT2D eigenvalue weighted by Gasteiger charge is 2.17. The van der Waals surface area contributed by atoms with Gasteiger partial charge in [0.25, 0.3) is 0 Å². The first-order chi connectivity index (χ1) is 22.8. The van der Waals surface area contributed by atoms with Gasteiger partial charge in [0.2, 0.25) is 0 Å². The second kappa shape index (κ2) is 10.9. The Bertz CT molecular complexity index is 2480. The molecule has 9 rings (SSSR count). The molecular weight excluding hydrogens is 553 g/mol. The number of hydrogen-bond acceptors (Lipinski definition) is 0. The van der Waals surface area contributed by atoms with E-state index in [-0.39, 0.29) is 0 Å². The van der Waals surface area contributed by atoms with Gasteiger partial charge in [-0.15, -0.1) is 0 Å². The maximum absolute atomic E-state index is 2.34. The molecule has 46 heavy (non-hydrogen) atoms. The Hall–Kier alpha value is -5.98. The third-order valence-corrected chi connectivity index (χ3v) is 9.46. The molecule has 9 aromatic carbocycles. The number of benzene rings is 9. The predicted molar refractivity (Wildman–Crippen MR) is 198 cm³/mol. The Morgan fingerprint density at radius 3 is 1.13 bits per heavy atom. The van der Waals surface area contributed by atoms with Crippen LogP contribution in [0.2, 0.25) is 0 Å². The lowest BCUT2D eigenvalue weighted by Crippen LogP contribution is -1.91. The highest BCUT2D eigenvalue weighted by molar-refractivity contribution is 6.21. The molecule has 0 radical (unpaired) electrons. The molecule has 0 N–H and O–H groups in total. The fraction of sp³-hybridized carbons (Fsp3) is 0. The van der Waals surface area contributed by atoms with Crippen LogP contribution in [0.15, 0.2) is 182 Å². The van der Waals surface area contributed by atoms with E-state index in [1.54, 1.807) is 0 Å². The van der Waals surface area contributed by atoms with Crippen molar-refractivity contribution in [1.82, 2.24) is 0 Å². The first-order valence-corrected chi connectivity index (χ1v) is 15.9. The Balaban J connectivity index is 1.21. The maximum Gasteiger partial charge on any atom is -0.00264 e. The SMILES string of the molecule is c1ccc(-c2ccc(-c3c4ccccc4c(-c4ccc(-c5cc6ccccc6c6ccccc56)cc4)c4ccccc34)cc2)cc1. The zero-order chi connectivity index (χ0) is 30.5. The normalized spacial score (nSPS) is 11.5. The Morgan fingerprint density at radius 2 is 0.587 bits per heavy atom. The van der Waals surface area contributed by atoms with E-state index in [9.17, 15) is 0 Å². The predicted octanol–water partition coefficient (Wildman–Crippen LogP) is 13.0. The van der Waals surface area contributed by atoms with E-state index in [2.05, 4.69) is 182 Å². The molecule has 0 fully saturated rings. The smallest absolute Gasteiger partial charge is 0.00264 e. The molecule has 0 bridgehead atoms. The summed E-state index contributed by atoms with van der Waals surface area (Å²) in [5.41, 5.74) is 10.00. The average molecular weight is 583 g/mol. The van der Waals surface area contributed by atoms with Crippen LogP contribution in [-0.4, -0.2) is 0 Å². The Kier molecular flexibility index (Phi) is 6.25. The van der Waals surface area contributed by atoms with E-state index in [0.29, 0.717) is 0 Å². The van der Waals surface area contributed by atoms with Crippen LogP contribution in [0.1, 0.15) is 0 Å². The molecule has 9 aromatic rings. The van der Waals surface area contributed by atoms with Crippen molar-refractivity contribution in [2.24, 2.45) is 0 Å². The van der Waals surface area contributed by atoms with Crippen molar-refractivity contribution >= 4 is 43.1 Å². The quantitative estimate of drug-likeness (QED) is 0.143. The van der Waals surface area contributed by atoms with Gasteiger partial charge in [-0.2, -0.15) is 0 Å². The van der Waals surface area contributed by atoms with Gasteiger partial charge in [-0.05, 0) is 93.7 Å². The summed E-state index contributed by atoms with van der Waals surface area (Å²) in [5.74, 6) is 0. The van der Waals surface area contributed by atoms with Crippen LogP contribution in [0, 0.1) is 0 Å². The molecule has 0 aromatic heterocycles. The minimum absolute atomic E-state index is 1.23. The zero-order valence-corrected chi connectivity index (χ0v) is 25.3. The molecular formula is C46H30. The molecule has 0 heterocycles. The van der Waals surface area contributed by atoms with Crippen LogP contribution in [0.5, 0.6) is 0 Å². The fourth-order valence-corrected chi connectivity index (χ4v) is 7.32. The Labute approximate surface area is 268 Å². The van der Waals surface area contributed by atoms with Crippen molar-refractivity contribution < 1.29 is 0 Å². The average Bonchev–Trinajstić information content (AvgIpc) is 3.14. The van der Waals surface area contributed by atoms with E-state index in [4.69, 9.17) is 0 Å². The van der Waals surface area contributed by atoms with E-state index in [0.717, 1.165) is 0 Å². The molecule has 0 heteroatoms. The van der Waals surface area contributed by atoms with Crippen LogP contribution in [0.25, 0.3) is 87.6 Å². The van der Waals surface area contributed by atoms with Gasteiger partial charge in [0.1, 0.15) is 0 Å². The molecule has 0 nitrogen and oxygen atoms in total. The van der Waals surface area contributed by atoms with Gasteiger partial charge in [0.05, 0.1) is 0 Å². The van der Waals surface area contributed by atoms with E-state index in [1.807, 2.05) is 0 Å². The van der Waals surface area contributed by atoms with Crippen molar-refractivity contribution in [3.05, 3.63) is 182 Å². The second-order valence-electron chi connectivity index (χ2n) is 12.1. The molecule has 0 aliphatic heterocycles. The molecule has 0 saturated carbocycles. The van der Waals surface area contributed by atoms with E-state index < -0.39 is 0 Å². The summed E-state index contributed by atoms with van der Waals surface area (Å²) in [6.07, 6.45) is 0. The highest BCUT2D eigenvalue weighted by Crippen LogP contribution is 2.44. The standard InChI is InChI=1S/C46H30/c1-2-12-31(13-3-1)32-22-26-34(27-23-32)45-40-18-8-10-20-42(40)46(43-21-11-9-19-41(43)45)35-28-24-33(25-29-35)44-30-36-14-4-5-15-37(36)38-16-6-7-17-39(38)44/h1-30H. The van der Waals surface area contributed by atoms with Crippen molar-refractivity contribution in [2.45, 2.75) is 0 Å². The fourth-order valence-electron chi connectivity index (χ4n) is 7.32. The van der Waals surface area contributed by atoms with Gasteiger partial charge in [0, 0.05) is 0 Å². The van der Waals surface area contributed by atoms with E-state index >= 15 is 0 Å². The van der Waals surface area contributed by atoms with Crippen molar-refractivity contribution in [1.29, 1.82) is 0 Å². The van der Waals surface area contributed by atoms with E-state index in [1.165, 1.54) is 87.6 Å². The monoisotopic (exact) mass is 582 g/mol. The summed E-state index contributed by atoms with van der Waals surface area (Å²) in [4.78, 5) is 0. The van der Waals surface area contributed by atoms with Crippen LogP contribution >= 0.6 is 0 Å². The molecule has 0 saturated heterocycles. The third-order valence-electron chi connectivity index (χ3n) is 9.46. The van der Waals surface area contributed by atoms with Gasteiger partial charge >= 0.3 is 0 Å². The minimum atomic E-state index is 1.23. The number of hydrogen-bond donors (Lipinski definition) is 0. The first-order valence-electron chi connectivity index (χ1n) is 15.9. The van der Waals surface area contributed by atoms with Crippen molar-refractivity contribution in [3.8, 4) is 44.5 Å². The van der Waals surface area contributed by atoms with Gasteiger partial charge in [-0.1, -0.05) is 176 Å². The number of fused-ring (bicyclic) bond motifs is 5. The zero-order valence-electron chi connectivity index (χ0n) is 25.3. The summed E-state index contributed by atoms with van der Waals surface area (Å²) < 4.78 is 0. The topological polar surface area (TPSA) is 0 Å². The third kappa shape index (κ3) is 4.30. The molecule has 0 aliphatic rings. The van der Waals surface area contributed by atoms with Gasteiger partial charge in [0.15, 0.2) is 0 Å². The molecule has 0 amide bonds. The Morgan fingerprint density at radius 1 is 0.217 bits per heavy atom. The molecule has 0 aliphatic carbocycles. The largest absolute Gasteiger partial charge is 0.0622 e. The van der Waals surface area contributed by atoms with Gasteiger partial charge in [-0.3, -0.25) is 0 Å². The molecule has 214 valence electrons. The molecule has 0 atom stereocenters. The van der Waals surface area contributed by atoms with Crippen LogP contribution < -0.4 is 0 Å². The van der Waals surface area contributed by atoms with Gasteiger partial charge < -0.3 is 0 Å². The maximum atomic E-state index is 2.34. The minimum Gasteiger partial charge on any atom is -0.0622 e. The lowest BCUT2D eigenvalue weighted by molar-refractivity contribution is 1.61. The number of rotatable bonds is 4. The van der Waals surface area contributed by atoms with Gasteiger partial charge in [-0.25, -0.2) is 0 Å². The summed E-state index contributed by atoms with van der Waals surface area (Å²) in [7, 11) is 0. The van der Waals surface area contributed by atoms with Crippen molar-refractivity contribution in [2.75, 3.05) is 0 Å². The first kappa shape index (κ1) is 26.4. The van der Waals surface area contributed by atoms with Crippen molar-refractivity contribution in [3.63, 3.8) is 0 Å². The summed E-state index contributed by atoms with van der Waals surface area (Å²) in [6, 6.07) is 66.4. The lowest BCUT2D eigenvalue weighted by atomic mass is 9.85. The highest BCUT2D eigenvalue weighted by atomic mass is 14.2. The summed E-state index contributed by atoms with van der Waals surface area (Å²) in [5, 5.41) is 10.2.